The number of rotatable bonds is 1. The molecule has 0 spiro atoms. The Labute approximate surface area is 70.6 Å². The molecular weight excluding hydrogens is 158 g/mol. The molecule has 0 amide bonds. The molecule has 4 heteroatoms. The van der Waals surface area contributed by atoms with Crippen LogP contribution in [0.2, 0.25) is 0 Å². The zero-order chi connectivity index (χ0) is 8.27. The topological polar surface area (TPSA) is 50.9 Å². The van der Waals surface area contributed by atoms with Gasteiger partial charge in [0.25, 0.3) is 0 Å². The summed E-state index contributed by atoms with van der Waals surface area (Å²) in [7, 11) is 0. The monoisotopic (exact) mass is 167 g/mol. The average Bonchev–Trinajstić information content (AvgIpc) is 1.93. The minimum atomic E-state index is 0.237. The van der Waals surface area contributed by atoms with Gasteiger partial charge in [-0.1, -0.05) is 6.07 Å². The lowest BCUT2D eigenvalue weighted by molar-refractivity contribution is 1.27. The third-order valence-electron chi connectivity index (χ3n) is 1.16. The summed E-state index contributed by atoms with van der Waals surface area (Å²) in [6.45, 7) is 1.97. The van der Waals surface area contributed by atoms with E-state index in [1.165, 1.54) is 0 Å². The van der Waals surface area contributed by atoms with Crippen LogP contribution in [-0.2, 0) is 0 Å². The Morgan fingerprint density at radius 1 is 1.64 bits per heavy atom. The van der Waals surface area contributed by atoms with Gasteiger partial charge in [0.05, 0.1) is 0 Å². The van der Waals surface area contributed by atoms with Gasteiger partial charge < -0.3 is 11.1 Å². The molecule has 1 aromatic heterocycles. The highest BCUT2D eigenvalue weighted by Crippen LogP contribution is 2.02. The summed E-state index contributed by atoms with van der Waals surface area (Å²) in [6.07, 6.45) is 1.75. The van der Waals surface area contributed by atoms with Gasteiger partial charge in [0, 0.05) is 6.20 Å². The van der Waals surface area contributed by atoms with Gasteiger partial charge in [-0.25, -0.2) is 4.98 Å². The average molecular weight is 167 g/mol. The fourth-order valence-electron chi connectivity index (χ4n) is 0.668. The van der Waals surface area contributed by atoms with E-state index in [9.17, 15) is 0 Å². The summed E-state index contributed by atoms with van der Waals surface area (Å²) in [5.74, 6) is 0.683. The van der Waals surface area contributed by atoms with Crippen molar-refractivity contribution < 1.29 is 0 Å². The number of aryl methyl sites for hydroxylation is 1. The fraction of sp³-hybridized carbons (Fsp3) is 0.143. The Morgan fingerprint density at radius 3 is 2.82 bits per heavy atom. The summed E-state index contributed by atoms with van der Waals surface area (Å²) >= 11 is 4.64. The zero-order valence-corrected chi connectivity index (χ0v) is 6.98. The Kier molecular flexibility index (Phi) is 2.38. The first-order valence-electron chi connectivity index (χ1n) is 3.17. The number of nitrogens with zero attached hydrogens (tertiary/aromatic N) is 1. The number of pyridine rings is 1. The Hall–Kier alpha value is -1.16. The van der Waals surface area contributed by atoms with Crippen molar-refractivity contribution in [3.05, 3.63) is 23.9 Å². The second kappa shape index (κ2) is 3.30. The molecule has 11 heavy (non-hydrogen) atoms. The van der Waals surface area contributed by atoms with Crippen molar-refractivity contribution in [3.63, 3.8) is 0 Å². The third-order valence-corrected chi connectivity index (χ3v) is 1.26. The second-order valence-electron chi connectivity index (χ2n) is 2.21. The number of hydrogen-bond donors (Lipinski definition) is 2. The molecule has 1 heterocycles. The van der Waals surface area contributed by atoms with E-state index in [-0.39, 0.29) is 5.11 Å². The lowest BCUT2D eigenvalue weighted by Crippen LogP contribution is -2.19. The van der Waals surface area contributed by atoms with Crippen LogP contribution in [0.5, 0.6) is 0 Å². The molecule has 1 rings (SSSR count). The smallest absolute Gasteiger partial charge is 0.169 e. The molecule has 1 aromatic rings. The molecule has 0 radical (unpaired) electrons. The quantitative estimate of drug-likeness (QED) is 0.614. The Bertz CT molecular complexity index is 255. The molecule has 0 atom stereocenters. The number of anilines is 1. The molecule has 0 aliphatic carbocycles. The van der Waals surface area contributed by atoms with Crippen LogP contribution in [0.25, 0.3) is 0 Å². The summed E-state index contributed by atoms with van der Waals surface area (Å²) in [4.78, 5) is 4.04. The van der Waals surface area contributed by atoms with Crippen molar-refractivity contribution in [2.45, 2.75) is 6.92 Å². The number of nitrogens with one attached hydrogen (secondary N) is 1. The van der Waals surface area contributed by atoms with Gasteiger partial charge in [0.1, 0.15) is 5.82 Å². The molecule has 0 saturated carbocycles. The van der Waals surface area contributed by atoms with Gasteiger partial charge in [-0.15, -0.1) is 0 Å². The molecule has 58 valence electrons. The van der Waals surface area contributed by atoms with Crippen molar-refractivity contribution in [2.24, 2.45) is 5.73 Å². The van der Waals surface area contributed by atoms with Crippen molar-refractivity contribution >= 4 is 23.1 Å². The standard InChI is InChI=1S/C7H9N3S/c1-5-2-3-6(9-4-5)10-7(8)11/h2-4H,1H3,(H3,8,9,10,11). The summed E-state index contributed by atoms with van der Waals surface area (Å²) < 4.78 is 0. The van der Waals surface area contributed by atoms with E-state index in [2.05, 4.69) is 22.5 Å². The highest BCUT2D eigenvalue weighted by molar-refractivity contribution is 7.80. The molecular formula is C7H9N3S. The predicted molar refractivity (Wildman–Crippen MR) is 49.4 cm³/mol. The summed E-state index contributed by atoms with van der Waals surface area (Å²) in [5, 5.41) is 2.97. The summed E-state index contributed by atoms with van der Waals surface area (Å²) in [5.41, 5.74) is 6.35. The molecule has 0 aliphatic heterocycles. The maximum atomic E-state index is 5.24. The van der Waals surface area contributed by atoms with E-state index >= 15 is 0 Å². The van der Waals surface area contributed by atoms with Crippen LogP contribution < -0.4 is 11.1 Å². The molecule has 0 aromatic carbocycles. The van der Waals surface area contributed by atoms with Gasteiger partial charge in [-0.2, -0.15) is 0 Å². The predicted octanol–water partition coefficient (Wildman–Crippen LogP) is 1.05. The highest BCUT2D eigenvalue weighted by Gasteiger charge is 1.91. The van der Waals surface area contributed by atoms with E-state index < -0.39 is 0 Å². The van der Waals surface area contributed by atoms with Crippen molar-refractivity contribution in [1.82, 2.24) is 4.98 Å². The number of nitrogens with two attached hydrogens (primary N) is 1. The van der Waals surface area contributed by atoms with Crippen LogP contribution in [-0.4, -0.2) is 10.1 Å². The molecule has 0 unspecified atom stereocenters. The first-order valence-corrected chi connectivity index (χ1v) is 3.58. The van der Waals surface area contributed by atoms with Gasteiger partial charge in [0.2, 0.25) is 0 Å². The van der Waals surface area contributed by atoms with E-state index in [0.717, 1.165) is 5.56 Å². The Balaban J connectivity index is 2.74. The van der Waals surface area contributed by atoms with Crippen molar-refractivity contribution in [3.8, 4) is 0 Å². The van der Waals surface area contributed by atoms with Crippen LogP contribution in [0.3, 0.4) is 0 Å². The van der Waals surface area contributed by atoms with E-state index in [1.54, 1.807) is 6.20 Å². The number of thiocarbonyl (C=S) groups is 1. The maximum Gasteiger partial charge on any atom is 0.169 e. The lowest BCUT2D eigenvalue weighted by Gasteiger charge is -2.01. The molecule has 0 fully saturated rings. The third kappa shape index (κ3) is 2.51. The van der Waals surface area contributed by atoms with Crippen LogP contribution in [0.15, 0.2) is 18.3 Å². The van der Waals surface area contributed by atoms with Crippen LogP contribution in [0.4, 0.5) is 5.82 Å². The highest BCUT2D eigenvalue weighted by atomic mass is 32.1. The van der Waals surface area contributed by atoms with Gasteiger partial charge in [0.15, 0.2) is 5.11 Å². The molecule has 0 bridgehead atoms. The Morgan fingerprint density at radius 2 is 2.36 bits per heavy atom. The van der Waals surface area contributed by atoms with Crippen LogP contribution in [0, 0.1) is 6.92 Å². The second-order valence-corrected chi connectivity index (χ2v) is 2.65. The number of aromatic nitrogens is 1. The number of hydrogen-bond acceptors (Lipinski definition) is 2. The van der Waals surface area contributed by atoms with E-state index in [0.29, 0.717) is 5.82 Å². The minimum absolute atomic E-state index is 0.237. The van der Waals surface area contributed by atoms with E-state index in [1.807, 2.05) is 19.1 Å². The summed E-state index contributed by atoms with van der Waals surface area (Å²) in [6, 6.07) is 3.77. The molecule has 0 aliphatic rings. The minimum Gasteiger partial charge on any atom is -0.376 e. The van der Waals surface area contributed by atoms with E-state index in [4.69, 9.17) is 5.73 Å². The largest absolute Gasteiger partial charge is 0.376 e. The first kappa shape index (κ1) is 7.94. The van der Waals surface area contributed by atoms with Gasteiger partial charge >= 0.3 is 0 Å². The molecule has 3 N–H and O–H groups in total. The molecule has 0 saturated heterocycles. The molecule has 3 nitrogen and oxygen atoms in total. The first-order chi connectivity index (χ1) is 5.18. The normalized spacial score (nSPS) is 9.18. The maximum absolute atomic E-state index is 5.24. The van der Waals surface area contributed by atoms with Crippen LogP contribution >= 0.6 is 12.2 Å². The lowest BCUT2D eigenvalue weighted by atomic mass is 10.3. The fourth-order valence-corrected chi connectivity index (χ4v) is 0.773. The van der Waals surface area contributed by atoms with Crippen LogP contribution in [0.1, 0.15) is 5.56 Å². The van der Waals surface area contributed by atoms with Crippen molar-refractivity contribution in [2.75, 3.05) is 5.32 Å². The van der Waals surface area contributed by atoms with Gasteiger partial charge in [-0.3, -0.25) is 0 Å². The van der Waals surface area contributed by atoms with Crippen molar-refractivity contribution in [1.29, 1.82) is 0 Å². The zero-order valence-electron chi connectivity index (χ0n) is 6.16. The SMILES string of the molecule is Cc1ccc(NC(N)=S)nc1. The van der Waals surface area contributed by atoms with Gasteiger partial charge in [-0.05, 0) is 30.8 Å².